The van der Waals surface area contributed by atoms with Gasteiger partial charge in [0, 0.05) is 41.2 Å². The highest BCUT2D eigenvalue weighted by atomic mass is 127. The molecule has 1 unspecified atom stereocenters. The number of carbonyl (C=O) groups is 1. The largest absolute Gasteiger partial charge is 0.478 e. The number of halogens is 2. The predicted molar refractivity (Wildman–Crippen MR) is 152 cm³/mol. The van der Waals surface area contributed by atoms with Crippen LogP contribution in [0.2, 0.25) is 5.02 Å². The molecule has 2 aromatic heterocycles. The minimum Gasteiger partial charge on any atom is -0.478 e. The summed E-state index contributed by atoms with van der Waals surface area (Å²) in [6.07, 6.45) is 4.58. The Labute approximate surface area is 228 Å². The quantitative estimate of drug-likeness (QED) is 0.277. The number of aromatic nitrogens is 3. The van der Waals surface area contributed by atoms with E-state index in [0.717, 1.165) is 48.9 Å². The fourth-order valence-corrected chi connectivity index (χ4v) is 4.82. The Balaban J connectivity index is 1.68. The molecule has 0 saturated carbocycles. The lowest BCUT2D eigenvalue weighted by atomic mass is 10.1. The predicted octanol–water partition coefficient (Wildman–Crippen LogP) is 4.69. The van der Waals surface area contributed by atoms with Crippen molar-refractivity contribution < 1.29 is 9.53 Å². The Kier molecular flexibility index (Phi) is 8.55. The van der Waals surface area contributed by atoms with Gasteiger partial charge in [-0.15, -0.1) is 0 Å². The number of fused-ring (bicyclic) bond motifs is 1. The average Bonchev–Trinajstić information content (AvgIpc) is 2.88. The van der Waals surface area contributed by atoms with Crippen LogP contribution in [-0.4, -0.2) is 51.1 Å². The van der Waals surface area contributed by atoms with Gasteiger partial charge in [-0.05, 0) is 50.5 Å². The highest BCUT2D eigenvalue weighted by molar-refractivity contribution is 14.1. The van der Waals surface area contributed by atoms with Crippen LogP contribution in [0, 0.1) is 0 Å². The maximum Gasteiger partial charge on any atom is 0.293 e. The second-order valence-corrected chi connectivity index (χ2v) is 11.0. The lowest BCUT2D eigenvalue weighted by molar-refractivity contribution is -0.122. The molecule has 1 aromatic carbocycles. The second kappa shape index (κ2) is 11.6. The van der Waals surface area contributed by atoms with Crippen LogP contribution in [0.4, 0.5) is 17.5 Å². The Morgan fingerprint density at radius 2 is 2.06 bits per heavy atom. The van der Waals surface area contributed by atoms with E-state index < -0.39 is 0 Å². The summed E-state index contributed by atoms with van der Waals surface area (Å²) in [5.41, 5.74) is 1.27. The zero-order valence-corrected chi connectivity index (χ0v) is 23.5. The van der Waals surface area contributed by atoms with Crippen LogP contribution in [-0.2, 0) is 4.79 Å². The van der Waals surface area contributed by atoms with Gasteiger partial charge in [0.15, 0.2) is 18.2 Å². The van der Waals surface area contributed by atoms with E-state index in [1.54, 1.807) is 16.8 Å². The standard InChI is InChI=1S/C25H30ClIN6O3/c1-4-15(2)33-20-6-5-18(11-16(20)12-21(24(33)35)36-14-22(34)28-3)30-23-19(26)13-29-25(31-23)32-9-7-17(27)8-10-32/h5-6,11-13,15,17H,4,7-10,14H2,1-3H3,(H,28,34)(H,29,30,31). The molecule has 1 aliphatic rings. The molecule has 0 bridgehead atoms. The van der Waals surface area contributed by atoms with Gasteiger partial charge in [-0.3, -0.25) is 9.59 Å². The number of hydrogen-bond acceptors (Lipinski definition) is 7. The first-order valence-corrected chi connectivity index (χ1v) is 13.6. The van der Waals surface area contributed by atoms with E-state index in [0.29, 0.717) is 20.7 Å². The molecule has 0 radical (unpaired) electrons. The number of ether oxygens (including phenoxy) is 1. The third kappa shape index (κ3) is 5.86. The molecule has 0 spiro atoms. The smallest absolute Gasteiger partial charge is 0.293 e. The Bertz CT molecular complexity index is 1310. The van der Waals surface area contributed by atoms with E-state index in [1.807, 2.05) is 32.0 Å². The Morgan fingerprint density at radius 3 is 2.75 bits per heavy atom. The number of anilines is 3. The average molecular weight is 625 g/mol. The Morgan fingerprint density at radius 1 is 1.31 bits per heavy atom. The molecule has 3 aromatic rings. The first kappa shape index (κ1) is 26.5. The van der Waals surface area contributed by atoms with E-state index in [9.17, 15) is 9.59 Å². The van der Waals surface area contributed by atoms with Gasteiger partial charge < -0.3 is 24.8 Å². The van der Waals surface area contributed by atoms with E-state index in [1.165, 1.54) is 7.05 Å². The maximum atomic E-state index is 13.2. The molecular formula is C25H30ClIN6O3. The van der Waals surface area contributed by atoms with E-state index in [2.05, 4.69) is 43.1 Å². The van der Waals surface area contributed by atoms with Gasteiger partial charge in [-0.25, -0.2) is 4.98 Å². The van der Waals surface area contributed by atoms with Gasteiger partial charge in [0.25, 0.3) is 11.5 Å². The second-order valence-electron chi connectivity index (χ2n) is 8.83. The lowest BCUT2D eigenvalue weighted by Gasteiger charge is -2.29. The maximum absolute atomic E-state index is 13.2. The van der Waals surface area contributed by atoms with Crippen LogP contribution in [0.1, 0.15) is 39.2 Å². The van der Waals surface area contributed by atoms with Crippen molar-refractivity contribution in [3.05, 3.63) is 45.8 Å². The van der Waals surface area contributed by atoms with Gasteiger partial charge in [0.05, 0.1) is 11.7 Å². The summed E-state index contributed by atoms with van der Waals surface area (Å²) in [6, 6.07) is 7.33. The van der Waals surface area contributed by atoms with Gasteiger partial charge >= 0.3 is 0 Å². The number of piperidine rings is 1. The fraction of sp³-hybridized carbons (Fsp3) is 0.440. The van der Waals surface area contributed by atoms with E-state index in [4.69, 9.17) is 21.3 Å². The minimum atomic E-state index is -0.308. The normalized spacial score (nSPS) is 15.1. The summed E-state index contributed by atoms with van der Waals surface area (Å²) in [7, 11) is 1.52. The highest BCUT2D eigenvalue weighted by Crippen LogP contribution is 2.30. The summed E-state index contributed by atoms with van der Waals surface area (Å²) >= 11 is 8.92. The van der Waals surface area contributed by atoms with Crippen LogP contribution in [0.15, 0.2) is 35.3 Å². The van der Waals surface area contributed by atoms with Crippen LogP contribution in [0.5, 0.6) is 5.75 Å². The number of nitrogens with one attached hydrogen (secondary N) is 2. The van der Waals surface area contributed by atoms with Crippen molar-refractivity contribution in [1.82, 2.24) is 19.9 Å². The number of nitrogens with zero attached hydrogens (tertiary/aromatic N) is 4. The summed E-state index contributed by atoms with van der Waals surface area (Å²) < 4.78 is 7.98. The van der Waals surface area contributed by atoms with Crippen molar-refractivity contribution in [1.29, 1.82) is 0 Å². The van der Waals surface area contributed by atoms with Gasteiger partial charge in [-0.1, -0.05) is 41.1 Å². The van der Waals surface area contributed by atoms with Crippen molar-refractivity contribution >= 4 is 68.5 Å². The number of alkyl halides is 1. The molecular weight excluding hydrogens is 595 g/mol. The minimum absolute atomic E-state index is 0.0482. The molecule has 9 nitrogen and oxygen atoms in total. The molecule has 11 heteroatoms. The number of likely N-dealkylation sites (N-methyl/N-ethyl adjacent to an activating group) is 1. The van der Waals surface area contributed by atoms with Crippen LogP contribution < -0.4 is 25.8 Å². The van der Waals surface area contributed by atoms with Crippen molar-refractivity contribution in [3.8, 4) is 5.75 Å². The van der Waals surface area contributed by atoms with E-state index in [-0.39, 0.29) is 29.9 Å². The van der Waals surface area contributed by atoms with E-state index >= 15 is 0 Å². The molecule has 1 saturated heterocycles. The summed E-state index contributed by atoms with van der Waals surface area (Å²) in [5.74, 6) is 0.993. The fourth-order valence-electron chi connectivity index (χ4n) is 4.12. The number of amides is 1. The molecule has 1 atom stereocenters. The van der Waals surface area contributed by atoms with Gasteiger partial charge in [-0.2, -0.15) is 4.98 Å². The molecule has 2 N–H and O–H groups in total. The summed E-state index contributed by atoms with van der Waals surface area (Å²) in [5, 5.41) is 7.02. The molecule has 1 amide bonds. The topological polar surface area (TPSA) is 101 Å². The molecule has 3 heterocycles. The highest BCUT2D eigenvalue weighted by Gasteiger charge is 2.20. The lowest BCUT2D eigenvalue weighted by Crippen LogP contribution is -2.35. The van der Waals surface area contributed by atoms with Crippen molar-refractivity contribution in [3.63, 3.8) is 0 Å². The molecule has 1 aliphatic heterocycles. The number of rotatable bonds is 8. The monoisotopic (exact) mass is 624 g/mol. The summed E-state index contributed by atoms with van der Waals surface area (Å²) in [4.78, 5) is 36.2. The van der Waals surface area contributed by atoms with Crippen LogP contribution in [0.25, 0.3) is 10.9 Å². The number of hydrogen-bond donors (Lipinski definition) is 2. The Hall–Kier alpha value is -2.60. The molecule has 4 rings (SSSR count). The SMILES string of the molecule is CCC(C)n1c(=O)c(OCC(=O)NC)cc2cc(Nc3nc(N4CCC(I)CC4)ncc3Cl)ccc21. The van der Waals surface area contributed by atoms with Gasteiger partial charge in [0.1, 0.15) is 5.02 Å². The third-order valence-corrected chi connectivity index (χ3v) is 7.90. The molecule has 0 aliphatic carbocycles. The van der Waals surface area contributed by atoms with Crippen LogP contribution >= 0.6 is 34.2 Å². The third-order valence-electron chi connectivity index (χ3n) is 6.37. The first-order chi connectivity index (χ1) is 17.3. The number of carbonyl (C=O) groups excluding carboxylic acids is 1. The zero-order chi connectivity index (χ0) is 25.8. The summed E-state index contributed by atoms with van der Waals surface area (Å²) in [6.45, 7) is 5.60. The van der Waals surface area contributed by atoms with Crippen molar-refractivity contribution in [2.45, 2.75) is 43.1 Å². The van der Waals surface area contributed by atoms with Crippen LogP contribution in [0.3, 0.4) is 0 Å². The number of pyridine rings is 1. The molecule has 192 valence electrons. The molecule has 36 heavy (non-hydrogen) atoms. The number of benzene rings is 1. The zero-order valence-electron chi connectivity index (χ0n) is 20.6. The molecule has 1 fully saturated rings. The van der Waals surface area contributed by atoms with Crippen molar-refractivity contribution in [2.75, 3.05) is 37.0 Å². The van der Waals surface area contributed by atoms with Gasteiger partial charge in [0.2, 0.25) is 5.95 Å². The van der Waals surface area contributed by atoms with Crippen molar-refractivity contribution in [2.24, 2.45) is 0 Å². The first-order valence-electron chi connectivity index (χ1n) is 12.0.